The number of benzene rings is 2. The van der Waals surface area contributed by atoms with Gasteiger partial charge in [0.25, 0.3) is 0 Å². The lowest BCUT2D eigenvalue weighted by Crippen LogP contribution is -1.96. The molecule has 4 aromatic rings. The second kappa shape index (κ2) is 5.34. The maximum absolute atomic E-state index is 5.47. The largest absolute Gasteiger partial charge is 0.340 e. The summed E-state index contributed by atoms with van der Waals surface area (Å²) in [4.78, 5) is 13.3. The van der Waals surface area contributed by atoms with Crippen molar-refractivity contribution in [1.82, 2.24) is 15.0 Å². The average Bonchev–Trinajstić information content (AvgIpc) is 2.95. The second-order valence-electron chi connectivity index (χ2n) is 5.11. The minimum atomic E-state index is 0.762. The lowest BCUT2D eigenvalue weighted by molar-refractivity contribution is 1.22. The molecule has 0 amide bonds. The summed E-state index contributed by atoms with van der Waals surface area (Å²) in [6.45, 7) is 2.00. The Balaban J connectivity index is 1.92. The van der Waals surface area contributed by atoms with Crippen molar-refractivity contribution >= 4 is 44.0 Å². The van der Waals surface area contributed by atoms with Crippen molar-refractivity contribution in [2.45, 2.75) is 6.92 Å². The van der Waals surface area contributed by atoms with Gasteiger partial charge in [0.05, 0.1) is 26.1 Å². The van der Waals surface area contributed by atoms with Crippen LogP contribution in [0.2, 0.25) is 0 Å². The molecule has 2 aromatic carbocycles. The van der Waals surface area contributed by atoms with Crippen LogP contribution >= 0.6 is 11.3 Å². The average molecular weight is 316 g/mol. The van der Waals surface area contributed by atoms with E-state index in [-0.39, 0.29) is 0 Å². The summed E-state index contributed by atoms with van der Waals surface area (Å²) in [5.41, 5.74) is 3.59. The number of fused-ring (bicyclic) bond motifs is 3. The molecule has 5 heteroatoms. The van der Waals surface area contributed by atoms with Crippen molar-refractivity contribution in [3.8, 4) is 12.3 Å². The number of nitrogens with one attached hydrogen (secondary N) is 1. The SMILES string of the molecule is C#Cc1cccc(Nc2ncnc3ccc4nc(C)sc4c23)c1. The molecule has 23 heavy (non-hydrogen) atoms. The van der Waals surface area contributed by atoms with E-state index < -0.39 is 0 Å². The van der Waals surface area contributed by atoms with Crippen molar-refractivity contribution < 1.29 is 0 Å². The highest BCUT2D eigenvalue weighted by Crippen LogP contribution is 2.34. The van der Waals surface area contributed by atoms with E-state index in [4.69, 9.17) is 6.42 Å². The Morgan fingerprint density at radius 2 is 2.00 bits per heavy atom. The highest BCUT2D eigenvalue weighted by atomic mass is 32.1. The first kappa shape index (κ1) is 13.7. The third kappa shape index (κ3) is 2.39. The molecule has 4 rings (SSSR count). The van der Waals surface area contributed by atoms with Crippen LogP contribution < -0.4 is 5.32 Å². The lowest BCUT2D eigenvalue weighted by Gasteiger charge is -2.09. The maximum atomic E-state index is 5.47. The Morgan fingerprint density at radius 1 is 1.13 bits per heavy atom. The van der Waals surface area contributed by atoms with E-state index in [9.17, 15) is 0 Å². The van der Waals surface area contributed by atoms with Crippen molar-refractivity contribution in [1.29, 1.82) is 0 Å². The molecular formula is C18H12N4S. The molecule has 2 aromatic heterocycles. The second-order valence-corrected chi connectivity index (χ2v) is 6.32. The first-order chi connectivity index (χ1) is 11.2. The van der Waals surface area contributed by atoms with Gasteiger partial charge >= 0.3 is 0 Å². The third-order valence-corrected chi connectivity index (χ3v) is 4.56. The number of aromatic nitrogens is 3. The first-order valence-electron chi connectivity index (χ1n) is 7.09. The third-order valence-electron chi connectivity index (χ3n) is 3.56. The van der Waals surface area contributed by atoms with E-state index in [0.717, 1.165) is 43.2 Å². The van der Waals surface area contributed by atoms with Crippen LogP contribution in [0.25, 0.3) is 21.1 Å². The molecule has 0 bridgehead atoms. The standard InChI is InChI=1S/C18H12N4S/c1-3-12-5-4-6-13(9-12)22-18-16-14(19-10-20-18)7-8-15-17(16)23-11(2)21-15/h1,4-10H,2H3,(H,19,20,22). The summed E-state index contributed by atoms with van der Waals surface area (Å²) in [5, 5.41) is 5.37. The van der Waals surface area contributed by atoms with Crippen LogP contribution in [0.15, 0.2) is 42.7 Å². The summed E-state index contributed by atoms with van der Waals surface area (Å²) in [6, 6.07) is 11.7. The number of hydrogen-bond donors (Lipinski definition) is 1. The predicted octanol–water partition coefficient (Wildman–Crippen LogP) is 4.27. The van der Waals surface area contributed by atoms with Crippen LogP contribution in [-0.2, 0) is 0 Å². The molecule has 0 fully saturated rings. The molecule has 0 unspecified atom stereocenters. The number of terminal acetylenes is 1. The molecule has 4 nitrogen and oxygen atoms in total. The zero-order valence-electron chi connectivity index (χ0n) is 12.4. The minimum absolute atomic E-state index is 0.762. The molecular weight excluding hydrogens is 304 g/mol. The zero-order chi connectivity index (χ0) is 15.8. The minimum Gasteiger partial charge on any atom is -0.340 e. The lowest BCUT2D eigenvalue weighted by atomic mass is 10.2. The van der Waals surface area contributed by atoms with Gasteiger partial charge in [-0.3, -0.25) is 0 Å². The molecule has 2 heterocycles. The van der Waals surface area contributed by atoms with Gasteiger partial charge in [0.1, 0.15) is 12.1 Å². The van der Waals surface area contributed by atoms with Gasteiger partial charge in [-0.2, -0.15) is 0 Å². The highest BCUT2D eigenvalue weighted by Gasteiger charge is 2.11. The molecule has 0 radical (unpaired) electrons. The van der Waals surface area contributed by atoms with Crippen LogP contribution in [0, 0.1) is 19.3 Å². The van der Waals surface area contributed by atoms with E-state index in [0.29, 0.717) is 0 Å². The Labute approximate surface area is 137 Å². The van der Waals surface area contributed by atoms with E-state index >= 15 is 0 Å². The molecule has 0 aliphatic heterocycles. The molecule has 0 aliphatic rings. The van der Waals surface area contributed by atoms with Gasteiger partial charge in [-0.25, -0.2) is 15.0 Å². The molecule has 1 N–H and O–H groups in total. The molecule has 0 saturated carbocycles. The van der Waals surface area contributed by atoms with Gasteiger partial charge in [0, 0.05) is 11.3 Å². The van der Waals surface area contributed by atoms with Crippen molar-refractivity contribution in [2.24, 2.45) is 0 Å². The number of hydrogen-bond acceptors (Lipinski definition) is 5. The summed E-state index contributed by atoms with van der Waals surface area (Å²) in [7, 11) is 0. The number of rotatable bonds is 2. The van der Waals surface area contributed by atoms with Gasteiger partial charge in [-0.05, 0) is 37.3 Å². The summed E-state index contributed by atoms with van der Waals surface area (Å²) in [6.07, 6.45) is 7.03. The van der Waals surface area contributed by atoms with Crippen LogP contribution in [0.4, 0.5) is 11.5 Å². The fourth-order valence-electron chi connectivity index (χ4n) is 2.56. The van der Waals surface area contributed by atoms with Crippen molar-refractivity contribution in [3.05, 3.63) is 53.3 Å². The summed E-state index contributed by atoms with van der Waals surface area (Å²) in [5.74, 6) is 3.40. The normalized spacial score (nSPS) is 10.8. The fraction of sp³-hybridized carbons (Fsp3) is 0.0556. The Kier molecular flexibility index (Phi) is 3.18. The number of aryl methyl sites for hydroxylation is 1. The van der Waals surface area contributed by atoms with Crippen molar-refractivity contribution in [3.63, 3.8) is 0 Å². The van der Waals surface area contributed by atoms with Crippen LogP contribution in [0.1, 0.15) is 10.6 Å². The molecule has 0 aliphatic carbocycles. The Morgan fingerprint density at radius 3 is 2.87 bits per heavy atom. The van der Waals surface area contributed by atoms with Gasteiger partial charge in [0.15, 0.2) is 0 Å². The summed E-state index contributed by atoms with van der Waals surface area (Å²) < 4.78 is 1.09. The van der Waals surface area contributed by atoms with Crippen molar-refractivity contribution in [2.75, 3.05) is 5.32 Å². The predicted molar refractivity (Wildman–Crippen MR) is 95.1 cm³/mol. The van der Waals surface area contributed by atoms with Gasteiger partial charge in [0.2, 0.25) is 0 Å². The monoisotopic (exact) mass is 316 g/mol. The van der Waals surface area contributed by atoms with Crippen LogP contribution in [0.3, 0.4) is 0 Å². The first-order valence-corrected chi connectivity index (χ1v) is 7.91. The van der Waals surface area contributed by atoms with E-state index in [1.54, 1.807) is 17.7 Å². The van der Waals surface area contributed by atoms with E-state index in [1.165, 1.54) is 0 Å². The Hall–Kier alpha value is -2.97. The molecule has 110 valence electrons. The van der Waals surface area contributed by atoms with E-state index in [1.807, 2.05) is 43.3 Å². The molecule has 0 atom stereocenters. The Bertz CT molecular complexity index is 1080. The number of thiazole rings is 1. The smallest absolute Gasteiger partial charge is 0.143 e. The fourth-order valence-corrected chi connectivity index (χ4v) is 3.52. The molecule has 0 saturated heterocycles. The topological polar surface area (TPSA) is 50.7 Å². The number of nitrogens with zero attached hydrogens (tertiary/aromatic N) is 3. The molecule has 0 spiro atoms. The maximum Gasteiger partial charge on any atom is 0.143 e. The van der Waals surface area contributed by atoms with Gasteiger partial charge in [-0.15, -0.1) is 17.8 Å². The van der Waals surface area contributed by atoms with E-state index in [2.05, 4.69) is 26.2 Å². The van der Waals surface area contributed by atoms with Gasteiger partial charge < -0.3 is 5.32 Å². The van der Waals surface area contributed by atoms with Gasteiger partial charge in [-0.1, -0.05) is 12.0 Å². The zero-order valence-corrected chi connectivity index (χ0v) is 13.2. The highest BCUT2D eigenvalue weighted by molar-refractivity contribution is 7.19. The van der Waals surface area contributed by atoms with Crippen LogP contribution in [0.5, 0.6) is 0 Å². The number of anilines is 2. The quantitative estimate of drug-likeness (QED) is 0.561. The summed E-state index contributed by atoms with van der Waals surface area (Å²) >= 11 is 1.65. The van der Waals surface area contributed by atoms with Crippen LogP contribution in [-0.4, -0.2) is 15.0 Å².